The van der Waals surface area contributed by atoms with E-state index in [0.29, 0.717) is 0 Å². The third kappa shape index (κ3) is 6.31. The summed E-state index contributed by atoms with van der Waals surface area (Å²) < 4.78 is 131. The normalized spacial score (nSPS) is 12.2. The van der Waals surface area contributed by atoms with Gasteiger partial charge in [-0.15, -0.1) is 39.5 Å². The molecule has 0 aliphatic heterocycles. The SMILES string of the molecule is O=C(O)c1c(-c2ccccc2)c(OC(F)(F)F)c(OC(F)(F)F)c(OC(F)(F)F)c1-c1ccccc1. The van der Waals surface area contributed by atoms with Crippen molar-refractivity contribution in [2.24, 2.45) is 0 Å². The zero-order valence-electron chi connectivity index (χ0n) is 17.3. The molecule has 3 rings (SSSR count). The van der Waals surface area contributed by atoms with Gasteiger partial charge in [0.15, 0.2) is 11.5 Å². The molecule has 36 heavy (non-hydrogen) atoms. The predicted molar refractivity (Wildman–Crippen MR) is 104 cm³/mol. The minimum absolute atomic E-state index is 0.433. The van der Waals surface area contributed by atoms with Crippen molar-refractivity contribution in [3.05, 3.63) is 66.2 Å². The van der Waals surface area contributed by atoms with Crippen LogP contribution < -0.4 is 14.2 Å². The predicted octanol–water partition coefficient (Wildman–Crippen LogP) is 7.41. The summed E-state index contributed by atoms with van der Waals surface area (Å²) in [6, 6.07) is 11.6. The first-order valence-corrected chi connectivity index (χ1v) is 9.42. The number of rotatable bonds is 6. The maximum Gasteiger partial charge on any atom is 0.573 e. The summed E-state index contributed by atoms with van der Waals surface area (Å²) in [5.74, 6) is -8.27. The third-order valence-corrected chi connectivity index (χ3v) is 4.36. The van der Waals surface area contributed by atoms with E-state index in [1.165, 1.54) is 36.4 Å². The van der Waals surface area contributed by atoms with Crippen LogP contribution in [-0.4, -0.2) is 30.2 Å². The lowest BCUT2D eigenvalue weighted by Gasteiger charge is -2.26. The number of carbonyl (C=O) groups is 1. The molecule has 0 aliphatic carbocycles. The Morgan fingerprint density at radius 1 is 0.556 bits per heavy atom. The number of carboxylic acids is 1. The van der Waals surface area contributed by atoms with Crippen molar-refractivity contribution in [1.82, 2.24) is 0 Å². The summed E-state index contributed by atoms with van der Waals surface area (Å²) in [6.45, 7) is 0. The second kappa shape index (κ2) is 9.51. The molecule has 0 heterocycles. The topological polar surface area (TPSA) is 65.0 Å². The first-order chi connectivity index (χ1) is 16.6. The van der Waals surface area contributed by atoms with Crippen molar-refractivity contribution in [3.8, 4) is 39.5 Å². The van der Waals surface area contributed by atoms with E-state index in [-0.39, 0.29) is 0 Å². The maximum atomic E-state index is 13.3. The maximum absolute atomic E-state index is 13.3. The van der Waals surface area contributed by atoms with Gasteiger partial charge in [0.1, 0.15) is 0 Å². The van der Waals surface area contributed by atoms with E-state index >= 15 is 0 Å². The Morgan fingerprint density at radius 2 is 0.861 bits per heavy atom. The Morgan fingerprint density at radius 3 is 1.14 bits per heavy atom. The van der Waals surface area contributed by atoms with E-state index < -0.39 is 70.1 Å². The van der Waals surface area contributed by atoms with Crippen molar-refractivity contribution in [1.29, 1.82) is 0 Å². The van der Waals surface area contributed by atoms with Gasteiger partial charge in [-0.2, -0.15) is 0 Å². The van der Waals surface area contributed by atoms with E-state index in [1.807, 2.05) is 0 Å². The van der Waals surface area contributed by atoms with Crippen molar-refractivity contribution in [2.75, 3.05) is 0 Å². The first-order valence-electron chi connectivity index (χ1n) is 9.42. The molecule has 0 amide bonds. The molecule has 3 aromatic carbocycles. The van der Waals surface area contributed by atoms with E-state index in [2.05, 4.69) is 14.2 Å². The van der Waals surface area contributed by atoms with Crippen LogP contribution in [0.2, 0.25) is 0 Å². The lowest BCUT2D eigenvalue weighted by Crippen LogP contribution is -2.25. The van der Waals surface area contributed by atoms with Crippen LogP contribution >= 0.6 is 0 Å². The molecule has 0 aromatic heterocycles. The zero-order valence-corrected chi connectivity index (χ0v) is 17.3. The fourth-order valence-electron chi connectivity index (χ4n) is 3.29. The van der Waals surface area contributed by atoms with E-state index in [1.54, 1.807) is 0 Å². The van der Waals surface area contributed by atoms with Crippen LogP contribution in [-0.2, 0) is 0 Å². The van der Waals surface area contributed by atoms with Gasteiger partial charge >= 0.3 is 25.1 Å². The highest BCUT2D eigenvalue weighted by atomic mass is 19.4. The Balaban J connectivity index is 2.66. The van der Waals surface area contributed by atoms with Crippen LogP contribution in [0.1, 0.15) is 10.4 Å². The average Bonchev–Trinajstić information content (AvgIpc) is 2.74. The number of ether oxygens (including phenoxy) is 3. The van der Waals surface area contributed by atoms with Crippen LogP contribution in [0.5, 0.6) is 17.2 Å². The molecule has 0 aliphatic rings. The van der Waals surface area contributed by atoms with Gasteiger partial charge in [0.2, 0.25) is 5.75 Å². The number of benzene rings is 3. The Hall–Kier alpha value is -4.10. The van der Waals surface area contributed by atoms with Crippen molar-refractivity contribution < 1.29 is 63.6 Å². The van der Waals surface area contributed by atoms with Crippen LogP contribution in [0.15, 0.2) is 60.7 Å². The number of aromatic carboxylic acids is 1. The highest BCUT2D eigenvalue weighted by Gasteiger charge is 2.45. The van der Waals surface area contributed by atoms with Gasteiger partial charge in [-0.25, -0.2) is 4.79 Å². The quantitative estimate of drug-likeness (QED) is 0.339. The molecule has 0 bridgehead atoms. The number of halogens is 9. The highest BCUT2D eigenvalue weighted by Crippen LogP contribution is 2.56. The summed E-state index contributed by atoms with van der Waals surface area (Å²) in [5.41, 5.74) is -4.39. The number of hydrogen-bond acceptors (Lipinski definition) is 4. The number of carboxylic acid groups (broad SMARTS) is 1. The first kappa shape index (κ1) is 26.5. The second-order valence-corrected chi connectivity index (χ2v) is 6.79. The number of hydrogen-bond donors (Lipinski definition) is 1. The molecule has 0 unspecified atom stereocenters. The number of alkyl halides is 9. The molecule has 192 valence electrons. The summed E-state index contributed by atoms with van der Waals surface area (Å²) in [4.78, 5) is 12.3. The summed E-state index contributed by atoms with van der Waals surface area (Å²) in [7, 11) is 0. The molecule has 0 fully saturated rings. The fourth-order valence-corrected chi connectivity index (χ4v) is 3.29. The standard InChI is InChI=1S/C22H11F9O5/c23-20(24,25)34-16-13(11-7-3-1-4-8-11)15(19(32)33)14(12-9-5-2-6-10-12)17(35-21(26,27)28)18(16)36-22(29,30)31/h1-10H,(H,32,33). The van der Waals surface area contributed by atoms with Crippen LogP contribution in [0, 0.1) is 0 Å². The average molecular weight is 526 g/mol. The van der Waals surface area contributed by atoms with Crippen LogP contribution in [0.25, 0.3) is 22.3 Å². The van der Waals surface area contributed by atoms with Crippen molar-refractivity contribution in [2.45, 2.75) is 19.1 Å². The summed E-state index contributed by atoms with van der Waals surface area (Å²) >= 11 is 0. The summed E-state index contributed by atoms with van der Waals surface area (Å²) in [6.07, 6.45) is -17.4. The largest absolute Gasteiger partial charge is 0.573 e. The molecule has 3 aromatic rings. The van der Waals surface area contributed by atoms with Gasteiger partial charge in [0, 0.05) is 11.1 Å². The van der Waals surface area contributed by atoms with Gasteiger partial charge in [0.25, 0.3) is 0 Å². The molecule has 1 N–H and O–H groups in total. The van der Waals surface area contributed by atoms with Crippen molar-refractivity contribution in [3.63, 3.8) is 0 Å². The Bertz CT molecular complexity index is 1150. The van der Waals surface area contributed by atoms with Crippen molar-refractivity contribution >= 4 is 5.97 Å². The van der Waals surface area contributed by atoms with Gasteiger partial charge in [-0.1, -0.05) is 60.7 Å². The third-order valence-electron chi connectivity index (χ3n) is 4.36. The van der Waals surface area contributed by atoms with Gasteiger partial charge in [0.05, 0.1) is 5.56 Å². The van der Waals surface area contributed by atoms with E-state index in [9.17, 15) is 49.4 Å². The fraction of sp³-hybridized carbons (Fsp3) is 0.136. The van der Waals surface area contributed by atoms with E-state index in [4.69, 9.17) is 0 Å². The van der Waals surface area contributed by atoms with Gasteiger partial charge in [-0.3, -0.25) is 0 Å². The second-order valence-electron chi connectivity index (χ2n) is 6.79. The summed E-state index contributed by atoms with van der Waals surface area (Å²) in [5, 5.41) is 9.90. The lowest BCUT2D eigenvalue weighted by molar-refractivity contribution is -0.293. The molecule has 0 spiro atoms. The lowest BCUT2D eigenvalue weighted by atomic mass is 9.89. The minimum Gasteiger partial charge on any atom is -0.478 e. The highest BCUT2D eigenvalue weighted by molar-refractivity contribution is 6.08. The van der Waals surface area contributed by atoms with Gasteiger partial charge in [-0.05, 0) is 11.1 Å². The van der Waals surface area contributed by atoms with Crippen LogP contribution in [0.4, 0.5) is 39.5 Å². The molecule has 0 radical (unpaired) electrons. The Kier molecular flexibility index (Phi) is 7.00. The smallest absolute Gasteiger partial charge is 0.478 e. The minimum atomic E-state index is -5.85. The molecular weight excluding hydrogens is 515 g/mol. The van der Waals surface area contributed by atoms with Crippen LogP contribution in [0.3, 0.4) is 0 Å². The molecule has 0 atom stereocenters. The molecule has 5 nitrogen and oxygen atoms in total. The molecular formula is C22H11F9O5. The van der Waals surface area contributed by atoms with E-state index in [0.717, 1.165) is 24.3 Å². The molecule has 14 heteroatoms. The van der Waals surface area contributed by atoms with Gasteiger partial charge < -0.3 is 19.3 Å². The zero-order chi connectivity index (χ0) is 26.9. The Labute approximate surface area is 195 Å². The monoisotopic (exact) mass is 526 g/mol. The molecule has 0 saturated heterocycles. The molecule has 0 saturated carbocycles.